The van der Waals surface area contributed by atoms with E-state index in [0.717, 1.165) is 11.3 Å². The molecule has 0 N–H and O–H groups in total. The second-order valence-electron chi connectivity index (χ2n) is 4.13. The molecule has 5 nitrogen and oxygen atoms in total. The van der Waals surface area contributed by atoms with Crippen molar-refractivity contribution in [1.29, 1.82) is 0 Å². The Balaban J connectivity index is 1.95. The van der Waals surface area contributed by atoms with Crippen LogP contribution in [0.2, 0.25) is 0 Å². The quantitative estimate of drug-likeness (QED) is 0.740. The van der Waals surface area contributed by atoms with Crippen molar-refractivity contribution in [2.45, 2.75) is 12.6 Å². The molecule has 0 spiro atoms. The summed E-state index contributed by atoms with van der Waals surface area (Å²) in [7, 11) is 0. The number of carbonyl (C=O) groups is 1. The molecule has 0 saturated carbocycles. The maximum atomic E-state index is 12.0. The van der Waals surface area contributed by atoms with Gasteiger partial charge in [0.25, 0.3) is 0 Å². The average Bonchev–Trinajstić information content (AvgIpc) is 2.61. The number of aromatic nitrogens is 1. The van der Waals surface area contributed by atoms with Crippen LogP contribution in [0.1, 0.15) is 17.3 Å². The zero-order valence-corrected chi connectivity index (χ0v) is 9.37. The topological polar surface area (TPSA) is 45.7 Å². The van der Waals surface area contributed by atoms with Crippen molar-refractivity contribution in [2.24, 2.45) is 0 Å². The minimum atomic E-state index is -0.0881. The number of nitrogens with zero attached hydrogens (tertiary/aromatic N) is 3. The maximum Gasteiger partial charge on any atom is 0.345 e. The zero-order chi connectivity index (χ0) is 11.8. The van der Waals surface area contributed by atoms with Crippen molar-refractivity contribution >= 4 is 6.03 Å². The predicted octanol–water partition coefficient (Wildman–Crippen LogP) is 1.49. The monoisotopic (exact) mass is 231 g/mol. The van der Waals surface area contributed by atoms with Crippen LogP contribution < -0.4 is 0 Å². The molecule has 3 heterocycles. The standard InChI is InChI=1S/C12H13N3O2/c1-2-6-17-15-11-8-14(12(15)16)7-10-9(11)4-3-5-13-10/h2-5,11H,1,6-8H2. The summed E-state index contributed by atoms with van der Waals surface area (Å²) in [4.78, 5) is 23.5. The molecule has 3 rings (SSSR count). The summed E-state index contributed by atoms with van der Waals surface area (Å²) in [6, 6.07) is 3.77. The van der Waals surface area contributed by atoms with Crippen LogP contribution in [-0.4, -0.2) is 34.1 Å². The minimum absolute atomic E-state index is 0.0418. The summed E-state index contributed by atoms with van der Waals surface area (Å²) in [6.45, 7) is 5.17. The van der Waals surface area contributed by atoms with Gasteiger partial charge >= 0.3 is 6.03 Å². The van der Waals surface area contributed by atoms with E-state index in [-0.39, 0.29) is 12.1 Å². The van der Waals surface area contributed by atoms with Gasteiger partial charge in [-0.25, -0.2) is 4.79 Å². The Morgan fingerprint density at radius 2 is 2.53 bits per heavy atom. The first-order valence-electron chi connectivity index (χ1n) is 5.57. The number of carbonyl (C=O) groups excluding carboxylic acids is 1. The van der Waals surface area contributed by atoms with Crippen molar-refractivity contribution in [2.75, 3.05) is 13.2 Å². The van der Waals surface area contributed by atoms with Gasteiger partial charge in [0.05, 0.1) is 25.4 Å². The van der Waals surface area contributed by atoms with E-state index < -0.39 is 0 Å². The van der Waals surface area contributed by atoms with E-state index in [4.69, 9.17) is 4.84 Å². The van der Waals surface area contributed by atoms with Gasteiger partial charge in [0.1, 0.15) is 6.04 Å². The third kappa shape index (κ3) is 1.51. The average molecular weight is 231 g/mol. The number of urea groups is 1. The molecule has 17 heavy (non-hydrogen) atoms. The SMILES string of the molecule is C=CCON1C(=O)N2Cc3ncccc3C1C2. The van der Waals surface area contributed by atoms with E-state index in [2.05, 4.69) is 11.6 Å². The normalized spacial score (nSPS) is 21.6. The van der Waals surface area contributed by atoms with Gasteiger partial charge in [0.15, 0.2) is 0 Å². The Labute approximate surface area is 99.3 Å². The molecule has 1 unspecified atom stereocenters. The van der Waals surface area contributed by atoms with E-state index in [0.29, 0.717) is 19.7 Å². The molecule has 0 aliphatic carbocycles. The van der Waals surface area contributed by atoms with Crippen molar-refractivity contribution in [3.05, 3.63) is 42.2 Å². The molecular weight excluding hydrogens is 218 g/mol. The first-order valence-corrected chi connectivity index (χ1v) is 5.57. The highest BCUT2D eigenvalue weighted by Crippen LogP contribution is 2.36. The first-order chi connectivity index (χ1) is 8.31. The molecule has 2 amide bonds. The predicted molar refractivity (Wildman–Crippen MR) is 60.8 cm³/mol. The van der Waals surface area contributed by atoms with Gasteiger partial charge < -0.3 is 4.90 Å². The van der Waals surface area contributed by atoms with Crippen molar-refractivity contribution in [3.63, 3.8) is 0 Å². The summed E-state index contributed by atoms with van der Waals surface area (Å²) in [5, 5.41) is 1.44. The van der Waals surface area contributed by atoms with Crippen LogP contribution in [0.15, 0.2) is 31.0 Å². The molecule has 1 aromatic heterocycles. The maximum absolute atomic E-state index is 12.0. The first kappa shape index (κ1) is 10.3. The third-order valence-electron chi connectivity index (χ3n) is 3.09. The van der Waals surface area contributed by atoms with Gasteiger partial charge in [-0.1, -0.05) is 12.1 Å². The lowest BCUT2D eigenvalue weighted by Gasteiger charge is -2.24. The minimum Gasteiger partial charge on any atom is -0.314 e. The van der Waals surface area contributed by atoms with Crippen LogP contribution >= 0.6 is 0 Å². The Morgan fingerprint density at radius 1 is 1.65 bits per heavy atom. The van der Waals surface area contributed by atoms with Gasteiger partial charge in [-0.15, -0.1) is 6.58 Å². The van der Waals surface area contributed by atoms with Crippen LogP contribution in [-0.2, 0) is 11.4 Å². The lowest BCUT2D eigenvalue weighted by Crippen LogP contribution is -2.30. The second-order valence-corrected chi connectivity index (χ2v) is 4.13. The van der Waals surface area contributed by atoms with Crippen LogP contribution in [0.5, 0.6) is 0 Å². The van der Waals surface area contributed by atoms with Gasteiger partial charge in [-0.3, -0.25) is 9.82 Å². The highest BCUT2D eigenvalue weighted by atomic mass is 16.7. The van der Waals surface area contributed by atoms with E-state index in [1.807, 2.05) is 12.1 Å². The van der Waals surface area contributed by atoms with Crippen LogP contribution in [0.4, 0.5) is 4.79 Å². The molecule has 0 aromatic carbocycles. The lowest BCUT2D eigenvalue weighted by atomic mass is 10.0. The Hall–Kier alpha value is -1.88. The molecule has 1 atom stereocenters. The van der Waals surface area contributed by atoms with E-state index >= 15 is 0 Å². The van der Waals surface area contributed by atoms with Crippen molar-refractivity contribution in [3.8, 4) is 0 Å². The van der Waals surface area contributed by atoms with Crippen molar-refractivity contribution < 1.29 is 9.63 Å². The third-order valence-corrected chi connectivity index (χ3v) is 3.09. The van der Waals surface area contributed by atoms with Crippen LogP contribution in [0, 0.1) is 0 Å². The van der Waals surface area contributed by atoms with Crippen LogP contribution in [0.3, 0.4) is 0 Å². The van der Waals surface area contributed by atoms with Crippen molar-refractivity contribution in [1.82, 2.24) is 14.9 Å². The fourth-order valence-corrected chi connectivity index (χ4v) is 2.34. The summed E-state index contributed by atoms with van der Waals surface area (Å²) in [5.74, 6) is 0. The molecule has 1 saturated heterocycles. The number of pyridine rings is 1. The Bertz CT molecular complexity index is 475. The summed E-state index contributed by atoms with van der Waals surface area (Å²) in [6.07, 6.45) is 3.39. The molecule has 2 aliphatic heterocycles. The molecule has 2 bridgehead atoms. The number of rotatable bonds is 3. The van der Waals surface area contributed by atoms with Gasteiger partial charge in [0.2, 0.25) is 0 Å². The number of amides is 2. The van der Waals surface area contributed by atoms with E-state index in [1.165, 1.54) is 5.06 Å². The molecule has 1 fully saturated rings. The molecule has 88 valence electrons. The molecule has 0 radical (unpaired) electrons. The Morgan fingerprint density at radius 3 is 3.35 bits per heavy atom. The van der Waals surface area contributed by atoms with E-state index in [9.17, 15) is 4.79 Å². The largest absolute Gasteiger partial charge is 0.345 e. The highest BCUT2D eigenvalue weighted by molar-refractivity contribution is 5.77. The number of hydrogen-bond acceptors (Lipinski definition) is 3. The molecule has 5 heteroatoms. The van der Waals surface area contributed by atoms with Gasteiger partial charge in [-0.05, 0) is 6.07 Å². The zero-order valence-electron chi connectivity index (χ0n) is 9.37. The number of hydrogen-bond donors (Lipinski definition) is 0. The Kier molecular flexibility index (Phi) is 2.33. The second kappa shape index (κ2) is 3.85. The summed E-state index contributed by atoms with van der Waals surface area (Å²) in [5.41, 5.74) is 2.04. The van der Waals surface area contributed by atoms with Gasteiger partial charge in [0, 0.05) is 11.8 Å². The molecule has 1 aromatic rings. The van der Waals surface area contributed by atoms with Crippen LogP contribution in [0.25, 0.3) is 0 Å². The highest BCUT2D eigenvalue weighted by Gasteiger charge is 2.44. The summed E-state index contributed by atoms with van der Waals surface area (Å²) < 4.78 is 0. The molecular formula is C12H13N3O2. The lowest BCUT2D eigenvalue weighted by molar-refractivity contribution is -0.118. The smallest absolute Gasteiger partial charge is 0.314 e. The summed E-state index contributed by atoms with van der Waals surface area (Å²) >= 11 is 0. The van der Waals surface area contributed by atoms with E-state index in [1.54, 1.807) is 17.2 Å². The fourth-order valence-electron chi connectivity index (χ4n) is 2.34. The number of hydroxylamine groups is 2. The molecule has 2 aliphatic rings. The fraction of sp³-hybridized carbons (Fsp3) is 0.333. The van der Waals surface area contributed by atoms with Gasteiger partial charge in [-0.2, -0.15) is 5.06 Å². The number of fused-ring (bicyclic) bond motifs is 4.